The first-order valence-electron chi connectivity index (χ1n) is 3.96. The summed E-state index contributed by atoms with van der Waals surface area (Å²) in [5, 5.41) is 19.0. The van der Waals surface area contributed by atoms with Crippen LogP contribution >= 0.6 is 0 Å². The molecule has 0 bridgehead atoms. The van der Waals surface area contributed by atoms with Crippen molar-refractivity contribution in [1.29, 1.82) is 0 Å². The Morgan fingerprint density at radius 3 is 2.47 bits per heavy atom. The quantitative estimate of drug-likeness (QED) is 0.348. The van der Waals surface area contributed by atoms with Crippen molar-refractivity contribution in [3.63, 3.8) is 0 Å². The highest BCUT2D eigenvalue weighted by atomic mass is 16.6. The van der Waals surface area contributed by atoms with E-state index in [1.54, 1.807) is 6.92 Å². The highest BCUT2D eigenvalue weighted by Gasteiger charge is 2.24. The molecule has 0 heterocycles. The summed E-state index contributed by atoms with van der Waals surface area (Å²) in [5.41, 5.74) is -0.300. The van der Waals surface area contributed by atoms with Crippen LogP contribution in [0.25, 0.3) is 0 Å². The molecule has 0 atom stereocenters. The van der Waals surface area contributed by atoms with E-state index >= 15 is 0 Å². The predicted octanol–water partition coefficient (Wildman–Crippen LogP) is 1.17. The van der Waals surface area contributed by atoms with Gasteiger partial charge in [0, 0.05) is 6.07 Å². The third-order valence-electron chi connectivity index (χ3n) is 1.79. The Labute approximate surface area is 84.3 Å². The molecule has 15 heavy (non-hydrogen) atoms. The Balaban J connectivity index is 3.37. The summed E-state index contributed by atoms with van der Waals surface area (Å²) >= 11 is 0. The molecule has 0 aliphatic rings. The normalized spacial score (nSPS) is 9.67. The number of carboxylic acids is 1. The Kier molecular flexibility index (Phi) is 2.80. The number of ketones is 1. The molecule has 1 aromatic carbocycles. The zero-order valence-electron chi connectivity index (χ0n) is 7.76. The fourth-order valence-corrected chi connectivity index (χ4v) is 1.11. The second-order valence-electron chi connectivity index (χ2n) is 2.91. The largest absolute Gasteiger partial charge is 0.475 e. The number of benzene rings is 1. The summed E-state index contributed by atoms with van der Waals surface area (Å²) in [4.78, 5) is 31.3. The van der Waals surface area contributed by atoms with E-state index < -0.39 is 27.9 Å². The van der Waals surface area contributed by atoms with Crippen molar-refractivity contribution < 1.29 is 19.6 Å². The number of carbonyl (C=O) groups excluding carboxylic acids is 1. The topological polar surface area (TPSA) is 97.5 Å². The van der Waals surface area contributed by atoms with Gasteiger partial charge in [-0.25, -0.2) is 4.79 Å². The van der Waals surface area contributed by atoms with Crippen LogP contribution in [0.1, 0.15) is 15.9 Å². The highest BCUT2D eigenvalue weighted by Crippen LogP contribution is 2.20. The Hall–Kier alpha value is -2.24. The van der Waals surface area contributed by atoms with E-state index in [4.69, 9.17) is 5.11 Å². The molecule has 0 fully saturated rings. The van der Waals surface area contributed by atoms with Crippen LogP contribution in [-0.2, 0) is 4.79 Å². The molecular formula is C9H7NO5. The minimum Gasteiger partial charge on any atom is -0.475 e. The Bertz CT molecular complexity index is 452. The average molecular weight is 209 g/mol. The van der Waals surface area contributed by atoms with Crippen LogP contribution in [0.4, 0.5) is 5.69 Å². The third-order valence-corrected chi connectivity index (χ3v) is 1.79. The maximum atomic E-state index is 11.1. The van der Waals surface area contributed by atoms with E-state index in [1.165, 1.54) is 12.1 Å². The van der Waals surface area contributed by atoms with Gasteiger partial charge in [0.15, 0.2) is 0 Å². The first kappa shape index (κ1) is 10.8. The molecule has 0 aliphatic heterocycles. The van der Waals surface area contributed by atoms with Crippen LogP contribution in [0.3, 0.4) is 0 Å². The van der Waals surface area contributed by atoms with E-state index in [2.05, 4.69) is 0 Å². The van der Waals surface area contributed by atoms with Crippen LogP contribution < -0.4 is 0 Å². The van der Waals surface area contributed by atoms with Crippen molar-refractivity contribution >= 4 is 17.4 Å². The second kappa shape index (κ2) is 3.87. The van der Waals surface area contributed by atoms with Gasteiger partial charge in [-0.3, -0.25) is 14.9 Å². The molecule has 0 radical (unpaired) electrons. The van der Waals surface area contributed by atoms with Gasteiger partial charge in [0.2, 0.25) is 0 Å². The van der Waals surface area contributed by atoms with Crippen molar-refractivity contribution in [2.45, 2.75) is 6.92 Å². The van der Waals surface area contributed by atoms with Crippen molar-refractivity contribution in [3.05, 3.63) is 39.4 Å². The van der Waals surface area contributed by atoms with E-state index in [-0.39, 0.29) is 0 Å². The standard InChI is InChI=1S/C9H7NO5/c1-5-2-3-7(10(14)15)6(4-5)8(11)9(12)13/h2-4H,1H3,(H,12,13). The van der Waals surface area contributed by atoms with Crippen molar-refractivity contribution in [2.75, 3.05) is 0 Å². The van der Waals surface area contributed by atoms with Gasteiger partial charge in [-0.05, 0) is 18.6 Å². The number of carbonyl (C=O) groups is 2. The number of nitrogens with zero attached hydrogens (tertiary/aromatic N) is 1. The van der Waals surface area contributed by atoms with E-state index in [1.807, 2.05) is 0 Å². The molecule has 6 nitrogen and oxygen atoms in total. The van der Waals surface area contributed by atoms with Crippen molar-refractivity contribution in [2.24, 2.45) is 0 Å². The lowest BCUT2D eigenvalue weighted by Crippen LogP contribution is -2.14. The van der Waals surface area contributed by atoms with Crippen molar-refractivity contribution in [3.8, 4) is 0 Å². The van der Waals surface area contributed by atoms with Crippen molar-refractivity contribution in [1.82, 2.24) is 0 Å². The van der Waals surface area contributed by atoms with Crippen LogP contribution in [0.2, 0.25) is 0 Å². The lowest BCUT2D eigenvalue weighted by atomic mass is 10.1. The van der Waals surface area contributed by atoms with Gasteiger partial charge in [0.05, 0.1) is 4.92 Å². The van der Waals surface area contributed by atoms with Crippen LogP contribution in [-0.4, -0.2) is 21.8 Å². The van der Waals surface area contributed by atoms with Crippen LogP contribution in [0, 0.1) is 17.0 Å². The molecular weight excluding hydrogens is 202 g/mol. The number of carboxylic acid groups (broad SMARTS) is 1. The number of nitro benzene ring substituents is 1. The molecule has 0 saturated carbocycles. The van der Waals surface area contributed by atoms with Gasteiger partial charge in [0.25, 0.3) is 11.5 Å². The first-order valence-corrected chi connectivity index (χ1v) is 3.96. The van der Waals surface area contributed by atoms with Gasteiger partial charge in [-0.15, -0.1) is 0 Å². The lowest BCUT2D eigenvalue weighted by Gasteiger charge is -1.99. The maximum absolute atomic E-state index is 11.1. The number of aryl methyl sites for hydroxylation is 1. The molecule has 6 heteroatoms. The Morgan fingerprint density at radius 1 is 1.40 bits per heavy atom. The molecule has 0 amide bonds. The molecule has 0 unspecified atom stereocenters. The third kappa shape index (κ3) is 2.16. The fraction of sp³-hybridized carbons (Fsp3) is 0.111. The zero-order valence-corrected chi connectivity index (χ0v) is 7.76. The summed E-state index contributed by atoms with van der Waals surface area (Å²) in [5.74, 6) is -2.98. The van der Waals surface area contributed by atoms with Crippen LogP contribution in [0.15, 0.2) is 18.2 Å². The molecule has 0 spiro atoms. The van der Waals surface area contributed by atoms with Gasteiger partial charge in [0.1, 0.15) is 5.56 Å². The summed E-state index contributed by atoms with van der Waals surface area (Å²) in [6, 6.07) is 3.75. The number of Topliss-reactive ketones (excluding diaryl/α,β-unsaturated/α-hetero) is 1. The maximum Gasteiger partial charge on any atom is 0.377 e. The summed E-state index contributed by atoms with van der Waals surface area (Å²) < 4.78 is 0. The summed E-state index contributed by atoms with van der Waals surface area (Å²) in [6.07, 6.45) is 0. The molecule has 0 aromatic heterocycles. The minimum absolute atomic E-state index is 0.396. The van der Waals surface area contributed by atoms with Gasteiger partial charge >= 0.3 is 5.97 Å². The summed E-state index contributed by atoms with van der Waals surface area (Å²) in [6.45, 7) is 1.61. The van der Waals surface area contributed by atoms with Crippen LogP contribution in [0.5, 0.6) is 0 Å². The summed E-state index contributed by atoms with van der Waals surface area (Å²) in [7, 11) is 0. The second-order valence-corrected chi connectivity index (χ2v) is 2.91. The number of hydrogen-bond acceptors (Lipinski definition) is 4. The molecule has 78 valence electrons. The van der Waals surface area contributed by atoms with Gasteiger partial charge < -0.3 is 5.11 Å². The van der Waals surface area contributed by atoms with E-state index in [0.29, 0.717) is 5.56 Å². The number of nitro groups is 1. The number of rotatable bonds is 3. The minimum atomic E-state index is -1.70. The van der Waals surface area contributed by atoms with Gasteiger partial charge in [-0.1, -0.05) is 6.07 Å². The average Bonchev–Trinajstić information content (AvgIpc) is 2.15. The molecule has 1 aromatic rings. The van der Waals surface area contributed by atoms with E-state index in [9.17, 15) is 19.7 Å². The van der Waals surface area contributed by atoms with Gasteiger partial charge in [-0.2, -0.15) is 0 Å². The zero-order chi connectivity index (χ0) is 11.6. The first-order chi connectivity index (χ1) is 6.93. The lowest BCUT2D eigenvalue weighted by molar-refractivity contribution is -0.385. The Morgan fingerprint density at radius 2 is 2.00 bits per heavy atom. The molecule has 0 saturated heterocycles. The SMILES string of the molecule is Cc1ccc([N+](=O)[O-])c(C(=O)C(=O)O)c1. The fourth-order valence-electron chi connectivity index (χ4n) is 1.11. The number of hydrogen-bond donors (Lipinski definition) is 1. The predicted molar refractivity (Wildman–Crippen MR) is 49.8 cm³/mol. The molecule has 1 N–H and O–H groups in total. The number of aliphatic carboxylic acids is 1. The monoisotopic (exact) mass is 209 g/mol. The smallest absolute Gasteiger partial charge is 0.377 e. The molecule has 1 rings (SSSR count). The highest BCUT2D eigenvalue weighted by molar-refractivity contribution is 6.40. The molecule has 0 aliphatic carbocycles. The van der Waals surface area contributed by atoms with E-state index in [0.717, 1.165) is 6.07 Å².